The van der Waals surface area contributed by atoms with Gasteiger partial charge in [-0.3, -0.25) is 9.59 Å². The van der Waals surface area contributed by atoms with Gasteiger partial charge in [0.25, 0.3) is 0 Å². The van der Waals surface area contributed by atoms with Crippen molar-refractivity contribution in [2.75, 3.05) is 23.4 Å². The van der Waals surface area contributed by atoms with Gasteiger partial charge in [-0.1, -0.05) is 6.07 Å². The third kappa shape index (κ3) is 5.68. The van der Waals surface area contributed by atoms with Crippen LogP contribution in [0, 0.1) is 11.3 Å². The van der Waals surface area contributed by atoms with E-state index in [0.29, 0.717) is 29.1 Å². The van der Waals surface area contributed by atoms with Crippen LogP contribution in [0.1, 0.15) is 36.2 Å². The number of rotatable bonds is 7. The predicted octanol–water partition coefficient (Wildman–Crippen LogP) is 3.12. The molecule has 2 aromatic carbocycles. The maximum atomic E-state index is 12.2. The van der Waals surface area contributed by atoms with E-state index in [-0.39, 0.29) is 24.8 Å². The summed E-state index contributed by atoms with van der Waals surface area (Å²) in [7, 11) is 0. The molecule has 0 heterocycles. The number of carbonyl (C=O) groups excluding carboxylic acids is 3. The van der Waals surface area contributed by atoms with E-state index in [4.69, 9.17) is 10.00 Å². The quantitative estimate of drug-likeness (QED) is 0.745. The van der Waals surface area contributed by atoms with Gasteiger partial charge in [0.1, 0.15) is 0 Å². The minimum atomic E-state index is -0.419. The molecular weight excluding hydrogens is 358 g/mol. The van der Waals surface area contributed by atoms with Gasteiger partial charge in [0, 0.05) is 31.3 Å². The van der Waals surface area contributed by atoms with Crippen LogP contribution >= 0.6 is 0 Å². The van der Waals surface area contributed by atoms with E-state index in [1.54, 1.807) is 55.5 Å². The van der Waals surface area contributed by atoms with Gasteiger partial charge in [-0.2, -0.15) is 5.26 Å². The average molecular weight is 379 g/mol. The third-order valence-electron chi connectivity index (χ3n) is 3.91. The first-order chi connectivity index (χ1) is 13.4. The van der Waals surface area contributed by atoms with E-state index < -0.39 is 5.97 Å². The number of esters is 1. The number of hydrogen-bond donors (Lipinski definition) is 1. The lowest BCUT2D eigenvalue weighted by Crippen LogP contribution is -2.32. The molecule has 144 valence electrons. The monoisotopic (exact) mass is 379 g/mol. The van der Waals surface area contributed by atoms with Crippen molar-refractivity contribution >= 4 is 29.2 Å². The van der Waals surface area contributed by atoms with E-state index in [1.807, 2.05) is 6.07 Å². The summed E-state index contributed by atoms with van der Waals surface area (Å²) >= 11 is 0. The molecular formula is C21H21N3O4. The summed E-state index contributed by atoms with van der Waals surface area (Å²) in [6.07, 6.45) is 0.0794. The van der Waals surface area contributed by atoms with Gasteiger partial charge in [0.2, 0.25) is 11.8 Å². The van der Waals surface area contributed by atoms with E-state index in [2.05, 4.69) is 5.32 Å². The molecule has 0 fully saturated rings. The van der Waals surface area contributed by atoms with Crippen LogP contribution in [0.25, 0.3) is 0 Å². The lowest BCUT2D eigenvalue weighted by molar-refractivity contribution is -0.117. The average Bonchev–Trinajstić information content (AvgIpc) is 2.68. The number of benzene rings is 2. The largest absolute Gasteiger partial charge is 0.462 e. The Morgan fingerprint density at radius 3 is 2.46 bits per heavy atom. The van der Waals surface area contributed by atoms with Crippen LogP contribution in [-0.2, 0) is 14.3 Å². The predicted molar refractivity (Wildman–Crippen MR) is 105 cm³/mol. The number of hydrogen-bond acceptors (Lipinski definition) is 5. The Morgan fingerprint density at radius 1 is 1.14 bits per heavy atom. The molecule has 7 nitrogen and oxygen atoms in total. The minimum Gasteiger partial charge on any atom is -0.462 e. The van der Waals surface area contributed by atoms with E-state index in [9.17, 15) is 14.4 Å². The summed E-state index contributed by atoms with van der Waals surface area (Å²) in [6.45, 7) is 3.61. The number of nitrogens with zero attached hydrogens (tertiary/aromatic N) is 2. The summed E-state index contributed by atoms with van der Waals surface area (Å²) < 4.78 is 4.91. The molecule has 2 aromatic rings. The van der Waals surface area contributed by atoms with E-state index in [0.717, 1.165) is 0 Å². The molecule has 28 heavy (non-hydrogen) atoms. The second kappa shape index (κ2) is 9.88. The van der Waals surface area contributed by atoms with Crippen molar-refractivity contribution in [1.29, 1.82) is 5.26 Å². The molecule has 0 aliphatic carbocycles. The van der Waals surface area contributed by atoms with Gasteiger partial charge in [-0.05, 0) is 49.4 Å². The molecule has 0 aliphatic rings. The zero-order valence-electron chi connectivity index (χ0n) is 15.8. The Kier molecular flexibility index (Phi) is 7.28. The SMILES string of the molecule is CCOC(=O)c1ccc(NC(=O)CCN(C(C)=O)c2cccc(C#N)c2)cc1. The molecule has 0 spiro atoms. The number of amides is 2. The topological polar surface area (TPSA) is 99.5 Å². The number of nitrogens with one attached hydrogen (secondary N) is 1. The Hall–Kier alpha value is -3.66. The van der Waals surface area contributed by atoms with Crippen LogP contribution in [-0.4, -0.2) is 30.9 Å². The Labute approximate surface area is 163 Å². The molecule has 0 saturated heterocycles. The van der Waals surface area contributed by atoms with Gasteiger partial charge in [-0.15, -0.1) is 0 Å². The molecule has 0 saturated carbocycles. The summed E-state index contributed by atoms with van der Waals surface area (Å²) in [5.74, 6) is -0.912. The highest BCUT2D eigenvalue weighted by Gasteiger charge is 2.14. The van der Waals surface area contributed by atoms with Crippen LogP contribution in [0.5, 0.6) is 0 Å². The number of nitriles is 1. The highest BCUT2D eigenvalue weighted by molar-refractivity contribution is 5.95. The fourth-order valence-electron chi connectivity index (χ4n) is 2.55. The molecule has 1 N–H and O–H groups in total. The van der Waals surface area contributed by atoms with Gasteiger partial charge < -0.3 is 15.0 Å². The van der Waals surface area contributed by atoms with Gasteiger partial charge in [0.05, 0.1) is 23.8 Å². The van der Waals surface area contributed by atoms with Crippen LogP contribution in [0.4, 0.5) is 11.4 Å². The highest BCUT2D eigenvalue weighted by atomic mass is 16.5. The fourth-order valence-corrected chi connectivity index (χ4v) is 2.55. The molecule has 0 aliphatic heterocycles. The number of ether oxygens (including phenoxy) is 1. The number of anilines is 2. The first-order valence-corrected chi connectivity index (χ1v) is 8.80. The Balaban J connectivity index is 1.97. The first kappa shape index (κ1) is 20.6. The van der Waals surface area contributed by atoms with E-state index >= 15 is 0 Å². The summed E-state index contributed by atoms with van der Waals surface area (Å²) in [4.78, 5) is 37.2. The molecule has 0 unspecified atom stereocenters. The van der Waals surface area contributed by atoms with Crippen LogP contribution < -0.4 is 10.2 Å². The molecule has 2 rings (SSSR count). The molecule has 7 heteroatoms. The van der Waals surface area contributed by atoms with Crippen molar-refractivity contribution < 1.29 is 19.1 Å². The Bertz CT molecular complexity index is 901. The van der Waals surface area contributed by atoms with Crippen molar-refractivity contribution in [3.8, 4) is 6.07 Å². The van der Waals surface area contributed by atoms with Crippen molar-refractivity contribution in [3.63, 3.8) is 0 Å². The molecule has 0 aromatic heterocycles. The van der Waals surface area contributed by atoms with Crippen LogP contribution in [0.15, 0.2) is 48.5 Å². The molecule has 0 radical (unpaired) electrons. The summed E-state index contributed by atoms with van der Waals surface area (Å²) in [5, 5.41) is 11.7. The lowest BCUT2D eigenvalue weighted by atomic mass is 10.2. The second-order valence-electron chi connectivity index (χ2n) is 5.93. The fraction of sp³-hybridized carbons (Fsp3) is 0.238. The molecule has 0 bridgehead atoms. The second-order valence-corrected chi connectivity index (χ2v) is 5.93. The summed E-state index contributed by atoms with van der Waals surface area (Å²) in [5.41, 5.74) is 1.95. The smallest absolute Gasteiger partial charge is 0.338 e. The van der Waals surface area contributed by atoms with Crippen molar-refractivity contribution in [1.82, 2.24) is 0 Å². The Morgan fingerprint density at radius 2 is 1.86 bits per heavy atom. The standard InChI is InChI=1S/C21H21N3O4/c1-3-28-21(27)17-7-9-18(10-8-17)23-20(26)11-12-24(15(2)25)19-6-4-5-16(13-19)14-22/h4-10,13H,3,11-12H2,1-2H3,(H,23,26). The lowest BCUT2D eigenvalue weighted by Gasteiger charge is -2.21. The van der Waals surface area contributed by atoms with Crippen molar-refractivity contribution in [3.05, 3.63) is 59.7 Å². The first-order valence-electron chi connectivity index (χ1n) is 8.80. The normalized spacial score (nSPS) is 9.89. The van der Waals surface area contributed by atoms with Gasteiger partial charge in [-0.25, -0.2) is 4.79 Å². The van der Waals surface area contributed by atoms with Crippen LogP contribution in [0.2, 0.25) is 0 Å². The number of carbonyl (C=O) groups is 3. The maximum absolute atomic E-state index is 12.2. The minimum absolute atomic E-state index is 0.0794. The molecule has 2 amide bonds. The van der Waals surface area contributed by atoms with E-state index in [1.165, 1.54) is 11.8 Å². The third-order valence-corrected chi connectivity index (χ3v) is 3.91. The van der Waals surface area contributed by atoms with Gasteiger partial charge >= 0.3 is 5.97 Å². The van der Waals surface area contributed by atoms with Crippen molar-refractivity contribution in [2.24, 2.45) is 0 Å². The molecule has 0 atom stereocenters. The van der Waals surface area contributed by atoms with Crippen molar-refractivity contribution in [2.45, 2.75) is 20.3 Å². The maximum Gasteiger partial charge on any atom is 0.338 e. The van der Waals surface area contributed by atoms with Crippen LogP contribution in [0.3, 0.4) is 0 Å². The zero-order valence-corrected chi connectivity index (χ0v) is 15.8. The zero-order chi connectivity index (χ0) is 20.5. The van der Waals surface area contributed by atoms with Gasteiger partial charge in [0.15, 0.2) is 0 Å². The summed E-state index contributed by atoms with van der Waals surface area (Å²) in [6, 6.07) is 15.1. The highest BCUT2D eigenvalue weighted by Crippen LogP contribution is 2.17.